The Morgan fingerprint density at radius 3 is 1.50 bits per heavy atom. The molecule has 0 rings (SSSR count). The summed E-state index contributed by atoms with van der Waals surface area (Å²) in [5.41, 5.74) is 3.64. The Hall–Kier alpha value is -1.82. The van der Waals surface area contributed by atoms with Crippen LogP contribution < -0.4 is 0 Å². The number of allylic oxidation sites excluding steroid dienone is 2. The van der Waals surface area contributed by atoms with Crippen LogP contribution in [-0.2, 0) is 18.9 Å². The van der Waals surface area contributed by atoms with E-state index in [-0.39, 0.29) is 0 Å². The summed E-state index contributed by atoms with van der Waals surface area (Å²) in [6, 6.07) is 0. The summed E-state index contributed by atoms with van der Waals surface area (Å²) in [6.07, 6.45) is 1.89. The summed E-state index contributed by atoms with van der Waals surface area (Å²) in [6.45, 7) is 21.7. The molecule has 10 nitrogen and oxygen atoms in total. The quantitative estimate of drug-likeness (QED) is 0.119. The maximum atomic E-state index is 5.67. The first-order valence-corrected chi connectivity index (χ1v) is 12.8. The molecule has 0 aromatic heterocycles. The van der Waals surface area contributed by atoms with Crippen LogP contribution in [0.3, 0.4) is 0 Å². The molecule has 0 saturated heterocycles. The minimum Gasteiger partial charge on any atom is -0.378 e. The van der Waals surface area contributed by atoms with Gasteiger partial charge in [-0.2, -0.15) is 0 Å². The van der Waals surface area contributed by atoms with E-state index in [1.165, 1.54) is 0 Å². The Kier molecular flexibility index (Phi) is 22.4. The molecule has 0 spiro atoms. The first-order valence-electron chi connectivity index (χ1n) is 12.8. The van der Waals surface area contributed by atoms with Crippen LogP contribution in [0, 0.1) is 0 Å². The van der Waals surface area contributed by atoms with Gasteiger partial charge in [-0.15, -0.1) is 0 Å². The highest BCUT2D eigenvalue weighted by Crippen LogP contribution is 1.99. The summed E-state index contributed by atoms with van der Waals surface area (Å²) in [7, 11) is 4.08. The van der Waals surface area contributed by atoms with Crippen LogP contribution in [0.5, 0.6) is 0 Å². The fourth-order valence-electron chi connectivity index (χ4n) is 2.90. The van der Waals surface area contributed by atoms with Gasteiger partial charge in [-0.3, -0.25) is 20.0 Å². The second kappa shape index (κ2) is 23.6. The summed E-state index contributed by atoms with van der Waals surface area (Å²) >= 11 is 0. The van der Waals surface area contributed by atoms with Crippen molar-refractivity contribution in [2.75, 3.05) is 99.7 Å². The van der Waals surface area contributed by atoms with E-state index < -0.39 is 0 Å². The third-order valence-electron chi connectivity index (χ3n) is 5.35. The van der Waals surface area contributed by atoms with Crippen LogP contribution in [0.1, 0.15) is 34.6 Å². The second-order valence-electron chi connectivity index (χ2n) is 8.04. The molecule has 0 radical (unpaired) electrons. The lowest BCUT2D eigenvalue weighted by molar-refractivity contribution is -0.0320. The average Bonchev–Trinajstić information content (AvgIpc) is 2.87. The Labute approximate surface area is 219 Å². The van der Waals surface area contributed by atoms with E-state index in [9.17, 15) is 0 Å². The van der Waals surface area contributed by atoms with E-state index in [1.54, 1.807) is 0 Å². The van der Waals surface area contributed by atoms with Gasteiger partial charge < -0.3 is 18.9 Å². The molecule has 0 heterocycles. The van der Waals surface area contributed by atoms with Gasteiger partial charge in [-0.1, -0.05) is 6.08 Å². The minimum absolute atomic E-state index is 0.554. The van der Waals surface area contributed by atoms with Gasteiger partial charge in [0.15, 0.2) is 0 Å². The smallest absolute Gasteiger partial charge is 0.0787 e. The van der Waals surface area contributed by atoms with Gasteiger partial charge in [0.25, 0.3) is 0 Å². The number of hydrogen-bond acceptors (Lipinski definition) is 10. The van der Waals surface area contributed by atoms with Crippen LogP contribution in [-0.4, -0.2) is 134 Å². The average molecular weight is 511 g/mol. The van der Waals surface area contributed by atoms with Crippen LogP contribution in [0.2, 0.25) is 0 Å². The minimum atomic E-state index is 0.554. The number of nitrogens with zero attached hydrogens (tertiary/aromatic N) is 6. The summed E-state index contributed by atoms with van der Waals surface area (Å²) in [4.78, 5) is 17.2. The number of ether oxygens (including phenoxy) is 4. The standard InChI is InChI=1S/C26H50N6O4/c1-9-26(27-6)25(5)30-12-16-34-20-22-36-18-14-32(8)31(7)13-17-35-21-19-33-15-11-29-24(4)23(3)28-10-2/h9H,6,10-22H2,1-5,7-8H3/b26-9-,28-23+,29-24+,30-25+. The van der Waals surface area contributed by atoms with Crippen molar-refractivity contribution < 1.29 is 18.9 Å². The SMILES string of the molecule is C=NC(=C\C)/C(C)=N/CCOCCOCCN(C)N(C)CCOCCOCC/N=C(C)/C(C)=N/CC. The zero-order chi connectivity index (χ0) is 27.0. The fourth-order valence-corrected chi connectivity index (χ4v) is 2.90. The van der Waals surface area contributed by atoms with Gasteiger partial charge in [0.05, 0.1) is 88.8 Å². The lowest BCUT2D eigenvalue weighted by Gasteiger charge is -2.28. The Morgan fingerprint density at radius 2 is 1.08 bits per heavy atom. The van der Waals surface area contributed by atoms with E-state index >= 15 is 0 Å². The van der Waals surface area contributed by atoms with Gasteiger partial charge in [-0.05, 0) is 41.3 Å². The molecule has 0 N–H and O–H groups in total. The lowest BCUT2D eigenvalue weighted by Crippen LogP contribution is -2.40. The number of hydrogen-bond donors (Lipinski definition) is 0. The van der Waals surface area contributed by atoms with Crippen molar-refractivity contribution in [3.05, 3.63) is 11.8 Å². The fraction of sp³-hybridized carbons (Fsp3) is 0.769. The zero-order valence-corrected chi connectivity index (χ0v) is 23.8. The van der Waals surface area contributed by atoms with Crippen LogP contribution in [0.25, 0.3) is 0 Å². The summed E-state index contributed by atoms with van der Waals surface area (Å²) < 4.78 is 22.5. The molecule has 0 saturated carbocycles. The molecule has 10 heteroatoms. The van der Waals surface area contributed by atoms with Gasteiger partial charge in [0.2, 0.25) is 0 Å². The molecule has 0 aliphatic carbocycles. The van der Waals surface area contributed by atoms with E-state index in [2.05, 4.69) is 36.7 Å². The molecule has 0 bridgehead atoms. The van der Waals surface area contributed by atoms with Crippen molar-refractivity contribution in [1.29, 1.82) is 0 Å². The molecule has 0 aliphatic heterocycles. The maximum Gasteiger partial charge on any atom is 0.0787 e. The molecule has 0 atom stereocenters. The molecule has 0 aliphatic rings. The molecule has 0 amide bonds. The van der Waals surface area contributed by atoms with Crippen molar-refractivity contribution in [3.63, 3.8) is 0 Å². The van der Waals surface area contributed by atoms with Gasteiger partial charge >= 0.3 is 0 Å². The first-order chi connectivity index (χ1) is 17.4. The number of rotatable bonds is 23. The van der Waals surface area contributed by atoms with Crippen molar-refractivity contribution in [2.45, 2.75) is 34.6 Å². The highest BCUT2D eigenvalue weighted by Gasteiger charge is 2.05. The lowest BCUT2D eigenvalue weighted by atomic mass is 10.3. The summed E-state index contributed by atoms with van der Waals surface area (Å²) in [5.74, 6) is 0. The Balaban J connectivity index is 3.64. The monoisotopic (exact) mass is 510 g/mol. The Bertz CT molecular complexity index is 694. The van der Waals surface area contributed by atoms with Crippen molar-refractivity contribution in [2.24, 2.45) is 20.0 Å². The second-order valence-corrected chi connectivity index (χ2v) is 8.04. The molecule has 0 aromatic carbocycles. The first kappa shape index (κ1) is 34.2. The predicted molar refractivity (Wildman–Crippen MR) is 151 cm³/mol. The predicted octanol–water partition coefficient (Wildman–Crippen LogP) is 2.84. The number of hydrazine groups is 1. The van der Waals surface area contributed by atoms with E-state index in [0.717, 1.165) is 42.5 Å². The summed E-state index contributed by atoms with van der Waals surface area (Å²) in [5, 5.41) is 4.24. The Morgan fingerprint density at radius 1 is 0.667 bits per heavy atom. The van der Waals surface area contributed by atoms with Crippen LogP contribution in [0.4, 0.5) is 0 Å². The topological polar surface area (TPSA) is 92.8 Å². The van der Waals surface area contributed by atoms with Gasteiger partial charge in [0.1, 0.15) is 0 Å². The van der Waals surface area contributed by atoms with Gasteiger partial charge in [0, 0.05) is 33.7 Å². The zero-order valence-electron chi connectivity index (χ0n) is 23.8. The molecule has 208 valence electrons. The van der Waals surface area contributed by atoms with Crippen molar-refractivity contribution in [1.82, 2.24) is 10.0 Å². The number of likely N-dealkylation sites (N-methyl/N-ethyl adjacent to an activating group) is 2. The molecule has 0 unspecified atom stereocenters. The molecular formula is C26H50N6O4. The van der Waals surface area contributed by atoms with Crippen molar-refractivity contribution in [3.8, 4) is 0 Å². The van der Waals surface area contributed by atoms with E-state index in [4.69, 9.17) is 18.9 Å². The molecule has 0 aromatic rings. The third-order valence-corrected chi connectivity index (χ3v) is 5.35. The highest BCUT2D eigenvalue weighted by atomic mass is 16.5. The van der Waals surface area contributed by atoms with Gasteiger partial charge in [-0.25, -0.2) is 10.0 Å². The van der Waals surface area contributed by atoms with Crippen LogP contribution >= 0.6 is 0 Å². The largest absolute Gasteiger partial charge is 0.378 e. The third kappa shape index (κ3) is 18.4. The molecular weight excluding hydrogens is 460 g/mol. The maximum absolute atomic E-state index is 5.67. The normalized spacial score (nSPS) is 13.8. The highest BCUT2D eigenvalue weighted by molar-refractivity contribution is 6.40. The van der Waals surface area contributed by atoms with Crippen molar-refractivity contribution >= 4 is 23.9 Å². The van der Waals surface area contributed by atoms with Crippen LogP contribution in [0.15, 0.2) is 31.7 Å². The molecule has 0 fully saturated rings. The molecule has 36 heavy (non-hydrogen) atoms. The van der Waals surface area contributed by atoms with E-state index in [1.807, 2.05) is 54.8 Å². The van der Waals surface area contributed by atoms with E-state index in [0.29, 0.717) is 65.9 Å². The number of aliphatic imine (C=N–C) groups is 4.